The van der Waals surface area contributed by atoms with Gasteiger partial charge in [-0.25, -0.2) is 4.98 Å². The van der Waals surface area contributed by atoms with Crippen molar-refractivity contribution in [2.24, 2.45) is 5.73 Å². The van der Waals surface area contributed by atoms with E-state index >= 15 is 0 Å². The molecular weight excluding hydrogens is 233 g/mol. The quantitative estimate of drug-likeness (QED) is 0.844. The largest absolute Gasteiger partial charge is 0.416 e. The summed E-state index contributed by atoms with van der Waals surface area (Å²) < 4.78 is 37.5. The molecule has 2 aromatic rings. The summed E-state index contributed by atoms with van der Waals surface area (Å²) in [5.74, 6) is 0.323. The van der Waals surface area contributed by atoms with Crippen LogP contribution in [0, 0.1) is 0 Å². The van der Waals surface area contributed by atoms with Crippen LogP contribution >= 0.6 is 0 Å². The van der Waals surface area contributed by atoms with E-state index in [-0.39, 0.29) is 0 Å². The fourth-order valence-corrected chi connectivity index (χ4v) is 1.43. The first-order valence-electron chi connectivity index (χ1n) is 4.76. The number of H-pyrrole nitrogens is 1. The van der Waals surface area contributed by atoms with Gasteiger partial charge in [-0.3, -0.25) is 5.10 Å². The third-order valence-corrected chi connectivity index (χ3v) is 2.30. The molecule has 4 nitrogen and oxygen atoms in total. The van der Waals surface area contributed by atoms with Gasteiger partial charge in [0.25, 0.3) is 0 Å². The van der Waals surface area contributed by atoms with Crippen LogP contribution in [0.5, 0.6) is 0 Å². The van der Waals surface area contributed by atoms with Crippen molar-refractivity contribution < 1.29 is 13.2 Å². The minimum atomic E-state index is -4.38. The average molecular weight is 242 g/mol. The zero-order valence-corrected chi connectivity index (χ0v) is 8.57. The Balaban J connectivity index is 2.34. The van der Waals surface area contributed by atoms with E-state index in [1.165, 1.54) is 18.5 Å². The summed E-state index contributed by atoms with van der Waals surface area (Å²) in [5.41, 5.74) is 5.37. The number of benzene rings is 1. The fraction of sp³-hybridized carbons (Fsp3) is 0.200. The number of aromatic amines is 1. The Kier molecular flexibility index (Phi) is 2.84. The molecule has 0 amide bonds. The molecule has 0 bridgehead atoms. The summed E-state index contributed by atoms with van der Waals surface area (Å²) in [6, 6.07) is 4.08. The zero-order chi connectivity index (χ0) is 12.5. The highest BCUT2D eigenvalue weighted by Crippen LogP contribution is 2.30. The van der Waals surface area contributed by atoms with Gasteiger partial charge in [-0.1, -0.05) is 12.1 Å². The zero-order valence-electron chi connectivity index (χ0n) is 8.57. The van der Waals surface area contributed by atoms with Crippen molar-refractivity contribution in [1.29, 1.82) is 0 Å². The molecule has 90 valence electrons. The minimum absolute atomic E-state index is 0.323. The van der Waals surface area contributed by atoms with Gasteiger partial charge in [-0.15, -0.1) is 0 Å². The van der Waals surface area contributed by atoms with Crippen molar-refractivity contribution in [3.8, 4) is 0 Å². The molecule has 3 N–H and O–H groups in total. The van der Waals surface area contributed by atoms with Gasteiger partial charge in [0.05, 0.1) is 11.6 Å². The van der Waals surface area contributed by atoms with Gasteiger partial charge in [0.1, 0.15) is 12.2 Å². The second-order valence-corrected chi connectivity index (χ2v) is 3.47. The molecule has 7 heteroatoms. The van der Waals surface area contributed by atoms with Gasteiger partial charge in [-0.05, 0) is 17.7 Å². The summed E-state index contributed by atoms with van der Waals surface area (Å²) in [6.07, 6.45) is -3.13. The van der Waals surface area contributed by atoms with E-state index in [9.17, 15) is 13.2 Å². The number of hydrogen-bond donors (Lipinski definition) is 2. The first-order chi connectivity index (χ1) is 7.98. The smallest absolute Gasteiger partial charge is 0.318 e. The molecule has 0 saturated heterocycles. The lowest BCUT2D eigenvalue weighted by Crippen LogP contribution is -2.15. The number of hydrogen-bond acceptors (Lipinski definition) is 3. The number of nitrogens with one attached hydrogen (secondary N) is 1. The maximum absolute atomic E-state index is 12.5. The van der Waals surface area contributed by atoms with Crippen LogP contribution in [0.4, 0.5) is 13.2 Å². The Labute approximate surface area is 94.7 Å². The molecule has 1 atom stereocenters. The van der Waals surface area contributed by atoms with Crippen molar-refractivity contribution in [3.63, 3.8) is 0 Å². The van der Waals surface area contributed by atoms with Crippen LogP contribution in [0.25, 0.3) is 0 Å². The lowest BCUT2D eigenvalue weighted by molar-refractivity contribution is -0.137. The van der Waals surface area contributed by atoms with Gasteiger partial charge < -0.3 is 5.73 Å². The topological polar surface area (TPSA) is 67.6 Å². The van der Waals surface area contributed by atoms with Crippen LogP contribution in [-0.4, -0.2) is 15.2 Å². The predicted octanol–water partition coefficient (Wildman–Crippen LogP) is 1.87. The van der Waals surface area contributed by atoms with Crippen LogP contribution in [0.1, 0.15) is 23.0 Å². The van der Waals surface area contributed by atoms with Gasteiger partial charge in [0, 0.05) is 0 Å². The van der Waals surface area contributed by atoms with Crippen molar-refractivity contribution in [1.82, 2.24) is 15.2 Å². The van der Waals surface area contributed by atoms with Crippen molar-refractivity contribution in [2.45, 2.75) is 12.2 Å². The summed E-state index contributed by atoms with van der Waals surface area (Å²) in [7, 11) is 0. The number of halogens is 3. The second kappa shape index (κ2) is 4.17. The van der Waals surface area contributed by atoms with Crippen LogP contribution in [-0.2, 0) is 6.18 Å². The highest BCUT2D eigenvalue weighted by molar-refractivity contribution is 5.30. The standard InChI is InChI=1S/C10H9F3N4/c11-10(12,13)7-3-1-2-6(4-7)8(14)9-15-5-16-17-9/h1-5,8H,14H2,(H,15,16,17)/t8-/m0/s1. The van der Waals surface area contributed by atoms with E-state index < -0.39 is 17.8 Å². The molecule has 1 aromatic heterocycles. The van der Waals surface area contributed by atoms with Crippen molar-refractivity contribution in [3.05, 3.63) is 47.5 Å². The summed E-state index contributed by atoms with van der Waals surface area (Å²) >= 11 is 0. The second-order valence-electron chi connectivity index (χ2n) is 3.47. The number of nitrogens with zero attached hydrogens (tertiary/aromatic N) is 2. The fourth-order valence-electron chi connectivity index (χ4n) is 1.43. The molecule has 0 aliphatic carbocycles. The predicted molar refractivity (Wildman–Crippen MR) is 53.9 cm³/mol. The lowest BCUT2D eigenvalue weighted by atomic mass is 10.0. The normalized spacial score (nSPS) is 13.6. The van der Waals surface area contributed by atoms with E-state index in [0.717, 1.165) is 12.1 Å². The third-order valence-electron chi connectivity index (χ3n) is 2.30. The Morgan fingerprint density at radius 1 is 1.29 bits per heavy atom. The van der Waals surface area contributed by atoms with Gasteiger partial charge in [-0.2, -0.15) is 18.3 Å². The number of alkyl halides is 3. The Bertz CT molecular complexity index is 493. The van der Waals surface area contributed by atoms with E-state index in [2.05, 4.69) is 15.2 Å². The van der Waals surface area contributed by atoms with Crippen molar-refractivity contribution in [2.75, 3.05) is 0 Å². The van der Waals surface area contributed by atoms with Crippen LogP contribution < -0.4 is 5.73 Å². The van der Waals surface area contributed by atoms with Crippen molar-refractivity contribution >= 4 is 0 Å². The maximum Gasteiger partial charge on any atom is 0.416 e. The van der Waals surface area contributed by atoms with E-state index in [4.69, 9.17) is 5.73 Å². The summed E-state index contributed by atoms with van der Waals surface area (Å²) in [4.78, 5) is 3.81. The first kappa shape index (κ1) is 11.6. The minimum Gasteiger partial charge on any atom is -0.318 e. The number of nitrogens with two attached hydrogens (primary N) is 1. The van der Waals surface area contributed by atoms with Crippen LogP contribution in [0.2, 0.25) is 0 Å². The Morgan fingerprint density at radius 3 is 2.65 bits per heavy atom. The molecule has 1 aromatic carbocycles. The molecule has 0 saturated carbocycles. The number of aromatic nitrogens is 3. The van der Waals surface area contributed by atoms with Crippen LogP contribution in [0.3, 0.4) is 0 Å². The van der Waals surface area contributed by atoms with Gasteiger partial charge in [0.2, 0.25) is 0 Å². The van der Waals surface area contributed by atoms with E-state index in [1.807, 2.05) is 0 Å². The SMILES string of the molecule is N[C@@H](c1cccc(C(F)(F)F)c1)c1ncn[nH]1. The molecule has 0 radical (unpaired) electrons. The summed E-state index contributed by atoms with van der Waals surface area (Å²) in [5, 5.41) is 6.13. The molecule has 0 spiro atoms. The molecule has 0 unspecified atom stereocenters. The van der Waals surface area contributed by atoms with Crippen LogP contribution in [0.15, 0.2) is 30.6 Å². The van der Waals surface area contributed by atoms with Gasteiger partial charge >= 0.3 is 6.18 Å². The third kappa shape index (κ3) is 2.44. The molecular formula is C10H9F3N4. The number of rotatable bonds is 2. The highest BCUT2D eigenvalue weighted by Gasteiger charge is 2.30. The average Bonchev–Trinajstić information content (AvgIpc) is 2.80. The molecule has 0 aliphatic rings. The molecule has 2 rings (SSSR count). The van der Waals surface area contributed by atoms with Gasteiger partial charge in [0.15, 0.2) is 0 Å². The molecule has 17 heavy (non-hydrogen) atoms. The Morgan fingerprint density at radius 2 is 2.06 bits per heavy atom. The monoisotopic (exact) mass is 242 g/mol. The van der Waals surface area contributed by atoms with E-state index in [1.54, 1.807) is 0 Å². The Hall–Kier alpha value is -1.89. The van der Waals surface area contributed by atoms with E-state index in [0.29, 0.717) is 11.4 Å². The first-order valence-corrected chi connectivity index (χ1v) is 4.76. The molecule has 0 fully saturated rings. The molecule has 0 aliphatic heterocycles. The highest BCUT2D eigenvalue weighted by atomic mass is 19.4. The summed E-state index contributed by atoms with van der Waals surface area (Å²) in [6.45, 7) is 0. The maximum atomic E-state index is 12.5. The molecule has 1 heterocycles. The lowest BCUT2D eigenvalue weighted by Gasteiger charge is -2.12.